The van der Waals surface area contributed by atoms with E-state index in [2.05, 4.69) is 29.1 Å². The summed E-state index contributed by atoms with van der Waals surface area (Å²) in [5, 5.41) is 4.07. The fourth-order valence-corrected chi connectivity index (χ4v) is 3.48. The summed E-state index contributed by atoms with van der Waals surface area (Å²) >= 11 is 0. The van der Waals surface area contributed by atoms with Crippen LogP contribution < -0.4 is 19.7 Å². The van der Waals surface area contributed by atoms with Crippen molar-refractivity contribution in [1.82, 2.24) is 9.97 Å². The molecule has 0 aliphatic heterocycles. The molecule has 3 rings (SSSR count). The lowest BCUT2D eigenvalue weighted by Gasteiger charge is -2.24. The van der Waals surface area contributed by atoms with Crippen molar-refractivity contribution in [3.8, 4) is 11.5 Å². The van der Waals surface area contributed by atoms with Gasteiger partial charge in [-0.3, -0.25) is 0 Å². The predicted octanol–water partition coefficient (Wildman–Crippen LogP) is 5.35. The third-order valence-corrected chi connectivity index (χ3v) is 4.88. The number of ether oxygens (including phenoxy) is 2. The monoisotopic (exact) mass is 421 g/mol. The first-order valence-corrected chi connectivity index (χ1v) is 10.6. The van der Waals surface area contributed by atoms with Crippen molar-refractivity contribution in [3.63, 3.8) is 0 Å². The van der Waals surface area contributed by atoms with E-state index in [4.69, 9.17) is 19.4 Å². The van der Waals surface area contributed by atoms with Gasteiger partial charge in [0, 0.05) is 24.5 Å². The molecule has 1 aromatic heterocycles. The molecule has 0 atom stereocenters. The minimum atomic E-state index is 0.489. The summed E-state index contributed by atoms with van der Waals surface area (Å²) in [7, 11) is 3.26. The van der Waals surface area contributed by atoms with Gasteiger partial charge < -0.3 is 19.7 Å². The van der Waals surface area contributed by atoms with E-state index < -0.39 is 0 Å². The number of aryl methyl sites for hydroxylation is 1. The number of nitrogens with zero attached hydrogens (tertiary/aromatic N) is 4. The third kappa shape index (κ3) is 5.42. The van der Waals surface area contributed by atoms with Gasteiger partial charge in [0.1, 0.15) is 5.82 Å². The summed E-state index contributed by atoms with van der Waals surface area (Å²) in [5.41, 5.74) is 2.82. The standard InChI is InChI=1S/C24H31N5O2/c1-6-11-29(12-7-2)23-19-14-21(30-4)22(31-5)15-20(19)27-24(28-23)26-16-25-18-10-8-9-17(3)13-18/h8-10,13-16H,6-7,11-12H2,1-5H3,(H,25,26,27,28). The largest absolute Gasteiger partial charge is 0.493 e. The van der Waals surface area contributed by atoms with Crippen LogP contribution in [0.4, 0.5) is 17.5 Å². The number of nitrogens with one attached hydrogen (secondary N) is 1. The van der Waals surface area contributed by atoms with E-state index in [0.29, 0.717) is 17.4 Å². The van der Waals surface area contributed by atoms with Gasteiger partial charge >= 0.3 is 0 Å². The lowest BCUT2D eigenvalue weighted by Crippen LogP contribution is -2.26. The van der Waals surface area contributed by atoms with Gasteiger partial charge in [-0.1, -0.05) is 26.0 Å². The summed E-state index contributed by atoms with van der Waals surface area (Å²) in [4.78, 5) is 16.3. The van der Waals surface area contributed by atoms with Crippen LogP contribution in [0.25, 0.3) is 10.9 Å². The van der Waals surface area contributed by atoms with Gasteiger partial charge in [0.05, 0.1) is 31.8 Å². The van der Waals surface area contributed by atoms with Crippen LogP contribution in [0.3, 0.4) is 0 Å². The van der Waals surface area contributed by atoms with Crippen LogP contribution in [0.15, 0.2) is 41.4 Å². The lowest BCUT2D eigenvalue weighted by atomic mass is 10.2. The molecule has 0 unspecified atom stereocenters. The highest BCUT2D eigenvalue weighted by Gasteiger charge is 2.17. The van der Waals surface area contributed by atoms with Gasteiger partial charge in [0.2, 0.25) is 5.95 Å². The van der Waals surface area contributed by atoms with Crippen LogP contribution in [0.2, 0.25) is 0 Å². The number of aromatic nitrogens is 2. The van der Waals surface area contributed by atoms with Crippen molar-refractivity contribution in [2.45, 2.75) is 33.6 Å². The Kier molecular flexibility index (Phi) is 7.65. The molecular formula is C24H31N5O2. The second kappa shape index (κ2) is 10.6. The van der Waals surface area contributed by atoms with Gasteiger partial charge in [-0.15, -0.1) is 0 Å². The highest BCUT2D eigenvalue weighted by Crippen LogP contribution is 2.36. The maximum absolute atomic E-state index is 5.52. The molecule has 0 aliphatic rings. The molecule has 0 fully saturated rings. The average molecular weight is 422 g/mol. The molecule has 7 nitrogen and oxygen atoms in total. The molecule has 0 radical (unpaired) electrons. The molecule has 3 aromatic rings. The zero-order valence-electron chi connectivity index (χ0n) is 19.0. The zero-order chi connectivity index (χ0) is 22.2. The predicted molar refractivity (Wildman–Crippen MR) is 128 cm³/mol. The fraction of sp³-hybridized carbons (Fsp3) is 0.375. The molecule has 164 valence electrons. The van der Waals surface area contributed by atoms with Gasteiger partial charge in [0.15, 0.2) is 11.5 Å². The third-order valence-electron chi connectivity index (χ3n) is 4.88. The Balaban J connectivity index is 2.04. The van der Waals surface area contributed by atoms with Crippen LogP contribution in [0.1, 0.15) is 32.3 Å². The second-order valence-electron chi connectivity index (χ2n) is 7.32. The maximum Gasteiger partial charge on any atom is 0.230 e. The minimum absolute atomic E-state index is 0.489. The number of rotatable bonds is 10. The summed E-state index contributed by atoms with van der Waals surface area (Å²) in [6.07, 6.45) is 3.68. The Bertz CT molecular complexity index is 1050. The fourth-order valence-electron chi connectivity index (χ4n) is 3.48. The van der Waals surface area contributed by atoms with Crippen molar-refractivity contribution >= 4 is 34.7 Å². The molecule has 1 heterocycles. The van der Waals surface area contributed by atoms with Gasteiger partial charge in [-0.2, -0.15) is 4.98 Å². The Labute approximate surface area is 184 Å². The first kappa shape index (κ1) is 22.3. The number of methoxy groups -OCH3 is 2. The Morgan fingerprint density at radius 2 is 1.71 bits per heavy atom. The van der Waals surface area contributed by atoms with E-state index in [1.807, 2.05) is 43.3 Å². The number of hydrogen-bond acceptors (Lipinski definition) is 6. The molecule has 2 aromatic carbocycles. The molecule has 0 amide bonds. The van der Waals surface area contributed by atoms with E-state index in [1.165, 1.54) is 0 Å². The minimum Gasteiger partial charge on any atom is -0.493 e. The number of benzene rings is 2. The Morgan fingerprint density at radius 3 is 2.35 bits per heavy atom. The van der Waals surface area contributed by atoms with E-state index >= 15 is 0 Å². The number of anilines is 2. The summed E-state index contributed by atoms with van der Waals surface area (Å²) in [6, 6.07) is 11.8. The second-order valence-corrected chi connectivity index (χ2v) is 7.32. The van der Waals surface area contributed by atoms with E-state index in [9.17, 15) is 0 Å². The smallest absolute Gasteiger partial charge is 0.230 e. The molecule has 0 saturated heterocycles. The SMILES string of the molecule is CCCN(CCC)c1nc(N/C=N/c2cccc(C)c2)nc2cc(OC)c(OC)cc12. The zero-order valence-corrected chi connectivity index (χ0v) is 19.0. The van der Waals surface area contributed by atoms with E-state index in [-0.39, 0.29) is 0 Å². The number of hydrogen-bond donors (Lipinski definition) is 1. The molecule has 0 aliphatic carbocycles. The lowest BCUT2D eigenvalue weighted by molar-refractivity contribution is 0.356. The first-order chi connectivity index (χ1) is 15.1. The van der Waals surface area contributed by atoms with Crippen molar-refractivity contribution < 1.29 is 9.47 Å². The van der Waals surface area contributed by atoms with E-state index in [0.717, 1.165) is 53.9 Å². The molecule has 31 heavy (non-hydrogen) atoms. The van der Waals surface area contributed by atoms with Crippen molar-refractivity contribution in [2.75, 3.05) is 37.5 Å². The topological polar surface area (TPSA) is 71.9 Å². The molecule has 1 N–H and O–H groups in total. The Hall–Kier alpha value is -3.35. The summed E-state index contributed by atoms with van der Waals surface area (Å²) in [6.45, 7) is 8.20. The highest BCUT2D eigenvalue weighted by atomic mass is 16.5. The van der Waals surface area contributed by atoms with Crippen LogP contribution in [0, 0.1) is 6.92 Å². The van der Waals surface area contributed by atoms with Crippen molar-refractivity contribution in [3.05, 3.63) is 42.0 Å². The van der Waals surface area contributed by atoms with Gasteiger partial charge in [-0.25, -0.2) is 9.98 Å². The Morgan fingerprint density at radius 1 is 1.00 bits per heavy atom. The summed E-state index contributed by atoms with van der Waals surface area (Å²) in [5.74, 6) is 2.66. The summed E-state index contributed by atoms with van der Waals surface area (Å²) < 4.78 is 11.0. The molecule has 0 bridgehead atoms. The number of aliphatic imine (C=N–C) groups is 1. The average Bonchev–Trinajstić information content (AvgIpc) is 2.77. The quantitative estimate of drug-likeness (QED) is 0.351. The molecular weight excluding hydrogens is 390 g/mol. The van der Waals surface area contributed by atoms with Gasteiger partial charge in [0.25, 0.3) is 0 Å². The normalized spacial score (nSPS) is 11.1. The molecule has 0 saturated carbocycles. The first-order valence-electron chi connectivity index (χ1n) is 10.6. The number of fused-ring (bicyclic) bond motifs is 1. The molecule has 7 heteroatoms. The van der Waals surface area contributed by atoms with Crippen molar-refractivity contribution in [2.24, 2.45) is 4.99 Å². The van der Waals surface area contributed by atoms with Crippen molar-refractivity contribution in [1.29, 1.82) is 0 Å². The molecule has 0 spiro atoms. The maximum atomic E-state index is 5.52. The highest BCUT2D eigenvalue weighted by molar-refractivity contribution is 5.94. The van der Waals surface area contributed by atoms with Crippen LogP contribution >= 0.6 is 0 Å². The van der Waals surface area contributed by atoms with Crippen LogP contribution in [0.5, 0.6) is 11.5 Å². The van der Waals surface area contributed by atoms with Gasteiger partial charge in [-0.05, 0) is 43.5 Å². The van der Waals surface area contributed by atoms with Crippen LogP contribution in [-0.2, 0) is 0 Å². The van der Waals surface area contributed by atoms with E-state index in [1.54, 1.807) is 20.6 Å². The van der Waals surface area contributed by atoms with Crippen LogP contribution in [-0.4, -0.2) is 43.6 Å².